The number of thiophene rings is 1. The van der Waals surface area contributed by atoms with Crippen LogP contribution in [0.15, 0.2) is 46.9 Å². The van der Waals surface area contributed by atoms with E-state index in [0.29, 0.717) is 17.0 Å². The third-order valence-corrected chi connectivity index (χ3v) is 6.80. The fraction of sp³-hybridized carbons (Fsp3) is 0.381. The first-order chi connectivity index (χ1) is 14.2. The first kappa shape index (κ1) is 20.0. The molecule has 1 aromatic carbocycles. The van der Waals surface area contributed by atoms with Gasteiger partial charge in [-0.15, -0.1) is 21.5 Å². The summed E-state index contributed by atoms with van der Waals surface area (Å²) in [5.41, 5.74) is 0.939. The van der Waals surface area contributed by atoms with Crippen LogP contribution in [0, 0.1) is 0 Å². The number of thioether (sulfide) groups is 1. The van der Waals surface area contributed by atoms with E-state index in [1.54, 1.807) is 18.4 Å². The van der Waals surface area contributed by atoms with Gasteiger partial charge in [-0.3, -0.25) is 9.36 Å². The highest BCUT2D eigenvalue weighted by molar-refractivity contribution is 7.99. The number of hydrogen-bond donors (Lipinski definition) is 1. The summed E-state index contributed by atoms with van der Waals surface area (Å²) in [5, 5.41) is 14.7. The molecule has 3 aromatic rings. The summed E-state index contributed by atoms with van der Waals surface area (Å²) in [5.74, 6) is 1.96. The number of nitrogens with one attached hydrogen (secondary N) is 1. The molecule has 29 heavy (non-hydrogen) atoms. The van der Waals surface area contributed by atoms with Gasteiger partial charge in [-0.25, -0.2) is 0 Å². The van der Waals surface area contributed by atoms with Crippen molar-refractivity contribution in [2.45, 2.75) is 43.3 Å². The predicted octanol–water partition coefficient (Wildman–Crippen LogP) is 4.55. The molecule has 152 valence electrons. The third kappa shape index (κ3) is 4.82. The van der Waals surface area contributed by atoms with Gasteiger partial charge in [0.2, 0.25) is 5.91 Å². The molecule has 0 radical (unpaired) electrons. The molecule has 1 amide bonds. The predicted molar refractivity (Wildman–Crippen MR) is 117 cm³/mol. The summed E-state index contributed by atoms with van der Waals surface area (Å²) < 4.78 is 7.28. The lowest BCUT2D eigenvalue weighted by atomic mass is 9.95. The average Bonchev–Trinajstić information content (AvgIpc) is 3.43. The van der Waals surface area contributed by atoms with Crippen LogP contribution in [0.1, 0.15) is 32.1 Å². The molecule has 1 N–H and O–H groups in total. The van der Waals surface area contributed by atoms with Crippen molar-refractivity contribution in [3.8, 4) is 22.1 Å². The smallest absolute Gasteiger partial charge is 0.230 e. The minimum atomic E-state index is 0.0591. The molecule has 1 aliphatic rings. The van der Waals surface area contributed by atoms with Gasteiger partial charge in [-0.05, 0) is 48.6 Å². The van der Waals surface area contributed by atoms with Gasteiger partial charge < -0.3 is 10.1 Å². The number of benzene rings is 1. The standard InChI is InChI=1S/C21H24N4O2S2/c1-27-17-11-9-16(10-12-17)25-20(18-8-5-13-28-18)23-24-21(25)29-14-19(26)22-15-6-3-2-4-7-15/h5,8-13,15H,2-4,6-7,14H2,1H3,(H,22,26). The Morgan fingerprint density at radius 2 is 2.00 bits per heavy atom. The zero-order chi connectivity index (χ0) is 20.1. The summed E-state index contributed by atoms with van der Waals surface area (Å²) in [6.07, 6.45) is 5.85. The van der Waals surface area contributed by atoms with Gasteiger partial charge in [0.05, 0.1) is 23.4 Å². The van der Waals surface area contributed by atoms with E-state index in [4.69, 9.17) is 4.74 Å². The third-order valence-electron chi connectivity index (χ3n) is 5.01. The Bertz CT molecular complexity index is 932. The van der Waals surface area contributed by atoms with E-state index in [2.05, 4.69) is 15.5 Å². The maximum Gasteiger partial charge on any atom is 0.230 e. The molecule has 1 fully saturated rings. The number of nitrogens with zero attached hydrogens (tertiary/aromatic N) is 3. The highest BCUT2D eigenvalue weighted by Crippen LogP contribution is 2.31. The molecule has 8 heteroatoms. The molecule has 1 saturated carbocycles. The molecule has 0 unspecified atom stereocenters. The van der Waals surface area contributed by atoms with Crippen LogP contribution in [-0.2, 0) is 4.79 Å². The van der Waals surface area contributed by atoms with Crippen molar-refractivity contribution in [2.75, 3.05) is 12.9 Å². The molecule has 6 nitrogen and oxygen atoms in total. The van der Waals surface area contributed by atoms with Gasteiger partial charge in [0, 0.05) is 6.04 Å². The molecular formula is C21H24N4O2S2. The van der Waals surface area contributed by atoms with Crippen LogP contribution in [0.2, 0.25) is 0 Å². The van der Waals surface area contributed by atoms with Gasteiger partial charge in [-0.1, -0.05) is 37.1 Å². The molecule has 0 atom stereocenters. The number of carbonyl (C=O) groups is 1. The SMILES string of the molecule is COc1ccc(-n2c(SCC(=O)NC3CCCCC3)nnc2-c2cccs2)cc1. The number of hydrogen-bond acceptors (Lipinski definition) is 6. The molecule has 4 rings (SSSR count). The van der Waals surface area contributed by atoms with Gasteiger partial charge in [0.15, 0.2) is 11.0 Å². The topological polar surface area (TPSA) is 69.0 Å². The normalized spacial score (nSPS) is 14.7. The lowest BCUT2D eigenvalue weighted by molar-refractivity contribution is -0.119. The van der Waals surface area contributed by atoms with Crippen molar-refractivity contribution < 1.29 is 9.53 Å². The van der Waals surface area contributed by atoms with Crippen molar-refractivity contribution in [1.82, 2.24) is 20.1 Å². The van der Waals surface area contributed by atoms with Crippen LogP contribution in [0.4, 0.5) is 0 Å². The number of aromatic nitrogens is 3. The van der Waals surface area contributed by atoms with Crippen LogP contribution >= 0.6 is 23.1 Å². The molecule has 1 aliphatic carbocycles. The maximum absolute atomic E-state index is 12.4. The Hall–Kier alpha value is -2.32. The van der Waals surface area contributed by atoms with Crippen LogP contribution in [-0.4, -0.2) is 39.6 Å². The van der Waals surface area contributed by atoms with Crippen molar-refractivity contribution in [2.24, 2.45) is 0 Å². The first-order valence-electron chi connectivity index (χ1n) is 9.80. The van der Waals surface area contributed by atoms with Crippen LogP contribution < -0.4 is 10.1 Å². The number of methoxy groups -OCH3 is 1. The van der Waals surface area contributed by atoms with Gasteiger partial charge in [0.25, 0.3) is 0 Å². The average molecular weight is 429 g/mol. The number of amides is 1. The minimum absolute atomic E-state index is 0.0591. The zero-order valence-corrected chi connectivity index (χ0v) is 18.0. The van der Waals surface area contributed by atoms with Crippen LogP contribution in [0.25, 0.3) is 16.4 Å². The van der Waals surface area contributed by atoms with Crippen molar-refractivity contribution in [3.63, 3.8) is 0 Å². The second kappa shape index (κ2) is 9.45. The zero-order valence-electron chi connectivity index (χ0n) is 16.3. The van der Waals surface area contributed by atoms with Crippen LogP contribution in [0.3, 0.4) is 0 Å². The molecule has 0 bridgehead atoms. The minimum Gasteiger partial charge on any atom is -0.497 e. The molecule has 2 heterocycles. The van der Waals surface area contributed by atoms with Crippen molar-refractivity contribution >= 4 is 29.0 Å². The highest BCUT2D eigenvalue weighted by Gasteiger charge is 2.20. The Labute approximate surface area is 178 Å². The molecule has 0 aliphatic heterocycles. The van der Waals surface area contributed by atoms with E-state index in [1.165, 1.54) is 31.0 Å². The summed E-state index contributed by atoms with van der Waals surface area (Å²) >= 11 is 3.03. The summed E-state index contributed by atoms with van der Waals surface area (Å²) in [6, 6.07) is 12.1. The maximum atomic E-state index is 12.4. The Balaban J connectivity index is 1.53. The van der Waals surface area contributed by atoms with Crippen molar-refractivity contribution in [1.29, 1.82) is 0 Å². The first-order valence-corrected chi connectivity index (χ1v) is 11.7. The summed E-state index contributed by atoms with van der Waals surface area (Å²) in [4.78, 5) is 13.5. The highest BCUT2D eigenvalue weighted by atomic mass is 32.2. The quantitative estimate of drug-likeness (QED) is 0.559. The summed E-state index contributed by atoms with van der Waals surface area (Å²) in [6.45, 7) is 0. The van der Waals surface area contributed by atoms with Gasteiger partial charge in [0.1, 0.15) is 5.75 Å². The Kier molecular flexibility index (Phi) is 6.51. The fourth-order valence-electron chi connectivity index (χ4n) is 3.54. The van der Waals surface area contributed by atoms with Gasteiger partial charge >= 0.3 is 0 Å². The lowest BCUT2D eigenvalue weighted by Gasteiger charge is -2.22. The summed E-state index contributed by atoms with van der Waals surface area (Å²) in [7, 11) is 1.65. The molecule has 0 spiro atoms. The lowest BCUT2D eigenvalue weighted by Crippen LogP contribution is -2.37. The molecule has 2 aromatic heterocycles. The van der Waals surface area contributed by atoms with E-state index >= 15 is 0 Å². The van der Waals surface area contributed by atoms with Crippen LogP contribution in [0.5, 0.6) is 5.75 Å². The Morgan fingerprint density at radius 1 is 1.21 bits per heavy atom. The monoisotopic (exact) mass is 428 g/mol. The van der Waals surface area contributed by atoms with Crippen molar-refractivity contribution in [3.05, 3.63) is 41.8 Å². The van der Waals surface area contributed by atoms with E-state index in [9.17, 15) is 4.79 Å². The fourth-order valence-corrected chi connectivity index (χ4v) is 5.00. The largest absolute Gasteiger partial charge is 0.497 e. The van der Waals surface area contributed by atoms with E-state index < -0.39 is 0 Å². The molecular weight excluding hydrogens is 404 g/mol. The second-order valence-corrected chi connectivity index (χ2v) is 8.90. The van der Waals surface area contributed by atoms with Gasteiger partial charge in [-0.2, -0.15) is 0 Å². The number of ether oxygens (including phenoxy) is 1. The Morgan fingerprint density at radius 3 is 2.69 bits per heavy atom. The number of rotatable bonds is 7. The molecule has 0 saturated heterocycles. The second-order valence-electron chi connectivity index (χ2n) is 7.01. The van der Waals surface area contributed by atoms with E-state index in [-0.39, 0.29) is 5.91 Å². The van der Waals surface area contributed by atoms with E-state index in [0.717, 1.165) is 35.0 Å². The van der Waals surface area contributed by atoms with E-state index in [1.807, 2.05) is 46.3 Å². The number of carbonyl (C=O) groups excluding carboxylic acids is 1.